The molecule has 2 amide bonds. The Kier molecular flexibility index (Phi) is 20.2. The van der Waals surface area contributed by atoms with Crippen LogP contribution in [-0.2, 0) is 9.59 Å². The Balaban J connectivity index is 5.19. The average Bonchev–Trinajstić information content (AvgIpc) is 2.85. The van der Waals surface area contributed by atoms with Crippen LogP contribution in [0, 0.1) is 11.8 Å². The summed E-state index contributed by atoms with van der Waals surface area (Å²) in [5.41, 5.74) is 9.30. The second-order valence-electron chi connectivity index (χ2n) is 10.8. The standard InChI is InChI=1S/C33H54N4O2/c1-25(2)15-11-17-27(5)19-13-21-29(7)31(38)36-33(35-24-10-9-23-34)37-32(39)30(8)22-14-20-28(6)18-12-16-26(3)4/h13-16,19-22,27-28H,9-12,17-18,23-24,34H2,1-8H3,(H2,35,36,37,38,39)/b19-13+,20-14+,29-21+,30-22+/t27-,28-/m1/s1. The molecule has 6 heteroatoms. The maximum absolute atomic E-state index is 12.8. The Morgan fingerprint density at radius 3 is 1.56 bits per heavy atom. The van der Waals surface area contributed by atoms with Crippen LogP contribution in [0.2, 0.25) is 0 Å². The number of rotatable bonds is 16. The highest BCUT2D eigenvalue weighted by atomic mass is 16.2. The number of nitrogens with two attached hydrogens (primary N) is 1. The Morgan fingerprint density at radius 2 is 1.18 bits per heavy atom. The van der Waals surface area contributed by atoms with Crippen molar-refractivity contribution < 1.29 is 9.59 Å². The van der Waals surface area contributed by atoms with Crippen LogP contribution in [0.5, 0.6) is 0 Å². The number of amides is 2. The first-order valence-electron chi connectivity index (χ1n) is 14.3. The number of nitrogens with zero attached hydrogens (tertiary/aromatic N) is 1. The third kappa shape index (κ3) is 20.6. The van der Waals surface area contributed by atoms with E-state index in [0.29, 0.717) is 36.1 Å². The molecule has 0 heterocycles. The maximum atomic E-state index is 12.8. The molecule has 0 aromatic heterocycles. The molecule has 0 radical (unpaired) electrons. The molecule has 0 saturated carbocycles. The van der Waals surface area contributed by atoms with Crippen molar-refractivity contribution in [1.29, 1.82) is 0 Å². The normalized spacial score (nSPS) is 13.7. The summed E-state index contributed by atoms with van der Waals surface area (Å²) in [6.45, 7) is 17.3. The Labute approximate surface area is 238 Å². The van der Waals surface area contributed by atoms with Gasteiger partial charge in [0.1, 0.15) is 0 Å². The van der Waals surface area contributed by atoms with Crippen LogP contribution < -0.4 is 16.4 Å². The van der Waals surface area contributed by atoms with Gasteiger partial charge in [0, 0.05) is 17.7 Å². The minimum atomic E-state index is -0.304. The van der Waals surface area contributed by atoms with E-state index in [1.54, 1.807) is 26.0 Å². The molecule has 39 heavy (non-hydrogen) atoms. The number of hydrogen-bond donors (Lipinski definition) is 3. The summed E-state index contributed by atoms with van der Waals surface area (Å²) in [4.78, 5) is 30.0. The highest BCUT2D eigenvalue weighted by molar-refractivity contribution is 6.12. The molecule has 0 unspecified atom stereocenters. The topological polar surface area (TPSA) is 96.6 Å². The van der Waals surface area contributed by atoms with Crippen molar-refractivity contribution >= 4 is 17.8 Å². The lowest BCUT2D eigenvalue weighted by atomic mass is 10.0. The number of nitrogens with one attached hydrogen (secondary N) is 2. The lowest BCUT2D eigenvalue weighted by molar-refractivity contribution is -0.116. The molecule has 0 bridgehead atoms. The molecule has 0 aliphatic carbocycles. The lowest BCUT2D eigenvalue weighted by Crippen LogP contribution is -2.44. The number of aliphatic imine (C=N–C) groups is 1. The number of hydrogen-bond acceptors (Lipinski definition) is 4. The van der Waals surface area contributed by atoms with Crippen LogP contribution in [-0.4, -0.2) is 30.9 Å². The van der Waals surface area contributed by atoms with Gasteiger partial charge in [-0.05, 0) is 98.4 Å². The molecule has 0 fully saturated rings. The average molecular weight is 539 g/mol. The molecule has 0 rings (SSSR count). The fraction of sp³-hybridized carbons (Fsp3) is 0.545. The molecular formula is C33H54N4O2. The van der Waals surface area contributed by atoms with Crippen molar-refractivity contribution in [2.45, 2.75) is 93.9 Å². The third-order valence-electron chi connectivity index (χ3n) is 5.98. The SMILES string of the molecule is CC(C)=CCC[C@@H](C)/C=C/C=C(\C)C(=O)NC(=NCCCCN)NC(=O)/C(C)=C/C=C/[C@H](C)CCC=C(C)C. The van der Waals surface area contributed by atoms with Gasteiger partial charge in [-0.2, -0.15) is 0 Å². The number of unbranched alkanes of at least 4 members (excludes halogenated alkanes) is 1. The molecule has 2 atom stereocenters. The highest BCUT2D eigenvalue weighted by Crippen LogP contribution is 2.11. The van der Waals surface area contributed by atoms with Crippen LogP contribution in [0.3, 0.4) is 0 Å². The minimum Gasteiger partial charge on any atom is -0.330 e. The zero-order valence-corrected chi connectivity index (χ0v) is 25.8. The number of carbonyl (C=O) groups is 2. The van der Waals surface area contributed by atoms with Crippen LogP contribution in [0.15, 0.2) is 75.9 Å². The Hall–Kier alpha value is -2.99. The fourth-order valence-electron chi connectivity index (χ4n) is 3.36. The van der Waals surface area contributed by atoms with Crippen molar-refractivity contribution in [1.82, 2.24) is 10.6 Å². The van der Waals surface area contributed by atoms with E-state index in [9.17, 15) is 9.59 Å². The van der Waals surface area contributed by atoms with Crippen molar-refractivity contribution in [2.75, 3.05) is 13.1 Å². The summed E-state index contributed by atoms with van der Waals surface area (Å²) in [6, 6.07) is 0. The van der Waals surface area contributed by atoms with Gasteiger partial charge in [-0.3, -0.25) is 25.2 Å². The van der Waals surface area contributed by atoms with E-state index < -0.39 is 0 Å². The van der Waals surface area contributed by atoms with Crippen LogP contribution in [0.4, 0.5) is 0 Å². The van der Waals surface area contributed by atoms with Crippen molar-refractivity contribution in [3.63, 3.8) is 0 Å². The molecule has 218 valence electrons. The molecule has 0 aromatic carbocycles. The summed E-state index contributed by atoms with van der Waals surface area (Å²) in [5, 5.41) is 5.52. The second-order valence-corrected chi connectivity index (χ2v) is 10.8. The Bertz CT molecular complexity index is 886. The Morgan fingerprint density at radius 1 is 0.744 bits per heavy atom. The fourth-order valence-corrected chi connectivity index (χ4v) is 3.36. The smallest absolute Gasteiger partial charge is 0.253 e. The highest BCUT2D eigenvalue weighted by Gasteiger charge is 2.12. The van der Waals surface area contributed by atoms with E-state index in [0.717, 1.165) is 38.5 Å². The summed E-state index contributed by atoms with van der Waals surface area (Å²) >= 11 is 0. The predicted octanol–water partition coefficient (Wildman–Crippen LogP) is 7.08. The first-order chi connectivity index (χ1) is 18.5. The van der Waals surface area contributed by atoms with Gasteiger partial charge in [0.15, 0.2) is 0 Å². The summed E-state index contributed by atoms with van der Waals surface area (Å²) in [5.74, 6) is 0.371. The summed E-state index contributed by atoms with van der Waals surface area (Å²) < 4.78 is 0. The molecule has 0 aliphatic rings. The van der Waals surface area contributed by atoms with Gasteiger partial charge in [0.25, 0.3) is 11.8 Å². The minimum absolute atomic E-state index is 0.153. The number of carbonyl (C=O) groups excluding carboxylic acids is 2. The van der Waals surface area contributed by atoms with E-state index >= 15 is 0 Å². The maximum Gasteiger partial charge on any atom is 0.253 e. The van der Waals surface area contributed by atoms with Gasteiger partial charge in [-0.1, -0.05) is 73.6 Å². The molecular weight excluding hydrogens is 484 g/mol. The van der Waals surface area contributed by atoms with Gasteiger partial charge >= 0.3 is 0 Å². The molecule has 6 nitrogen and oxygen atoms in total. The summed E-state index contributed by atoms with van der Waals surface area (Å²) in [6.07, 6.45) is 21.9. The van der Waals surface area contributed by atoms with Crippen LogP contribution in [0.25, 0.3) is 0 Å². The molecule has 0 aliphatic heterocycles. The number of guanidine groups is 1. The van der Waals surface area contributed by atoms with E-state index in [-0.39, 0.29) is 17.8 Å². The van der Waals surface area contributed by atoms with Gasteiger partial charge in [0.2, 0.25) is 5.96 Å². The third-order valence-corrected chi connectivity index (χ3v) is 5.98. The van der Waals surface area contributed by atoms with Gasteiger partial charge in [-0.15, -0.1) is 0 Å². The number of allylic oxidation sites excluding steroid dienone is 10. The van der Waals surface area contributed by atoms with Crippen molar-refractivity contribution in [3.05, 3.63) is 70.9 Å². The zero-order valence-electron chi connectivity index (χ0n) is 25.8. The quantitative estimate of drug-likeness (QED) is 0.0489. The van der Waals surface area contributed by atoms with E-state index in [1.807, 2.05) is 12.2 Å². The van der Waals surface area contributed by atoms with Crippen molar-refractivity contribution in [3.8, 4) is 0 Å². The molecule has 0 saturated heterocycles. The molecule has 0 aromatic rings. The summed E-state index contributed by atoms with van der Waals surface area (Å²) in [7, 11) is 0. The van der Waals surface area contributed by atoms with E-state index in [4.69, 9.17) is 5.73 Å². The largest absolute Gasteiger partial charge is 0.330 e. The first-order valence-corrected chi connectivity index (χ1v) is 14.3. The van der Waals surface area contributed by atoms with E-state index in [2.05, 4.69) is 81.5 Å². The van der Waals surface area contributed by atoms with Gasteiger partial charge in [0.05, 0.1) is 0 Å². The van der Waals surface area contributed by atoms with Crippen molar-refractivity contribution in [2.24, 2.45) is 22.6 Å². The van der Waals surface area contributed by atoms with Gasteiger partial charge in [-0.25, -0.2) is 0 Å². The monoisotopic (exact) mass is 538 g/mol. The van der Waals surface area contributed by atoms with Crippen LogP contribution >= 0.6 is 0 Å². The first kappa shape index (κ1) is 36.0. The zero-order chi connectivity index (χ0) is 29.6. The van der Waals surface area contributed by atoms with E-state index in [1.165, 1.54) is 11.1 Å². The predicted molar refractivity (Wildman–Crippen MR) is 168 cm³/mol. The van der Waals surface area contributed by atoms with Gasteiger partial charge < -0.3 is 5.73 Å². The molecule has 0 spiro atoms. The second kappa shape index (κ2) is 21.9. The molecule has 4 N–H and O–H groups in total. The lowest BCUT2D eigenvalue weighted by Gasteiger charge is -2.11. The van der Waals surface area contributed by atoms with Crippen LogP contribution in [0.1, 0.15) is 93.9 Å².